The van der Waals surface area contributed by atoms with Gasteiger partial charge < -0.3 is 9.38 Å². The van der Waals surface area contributed by atoms with Crippen molar-refractivity contribution in [1.29, 1.82) is 0 Å². The lowest BCUT2D eigenvalue weighted by Crippen LogP contribution is -1.85. The fourth-order valence-electron chi connectivity index (χ4n) is 2.05. The Bertz CT molecular complexity index is 737. The van der Waals surface area contributed by atoms with Gasteiger partial charge in [-0.15, -0.1) is 0 Å². The van der Waals surface area contributed by atoms with Gasteiger partial charge in [-0.1, -0.05) is 0 Å². The number of carbonyl (C=O) groups is 1. The molecule has 3 aromatic rings. The second-order valence-corrected chi connectivity index (χ2v) is 4.44. The second kappa shape index (κ2) is 3.84. The van der Waals surface area contributed by atoms with Crippen molar-refractivity contribution in [3.63, 3.8) is 0 Å². The zero-order valence-corrected chi connectivity index (χ0v) is 10.3. The number of nitrogens with zero attached hydrogens (tertiary/aromatic N) is 2. The van der Waals surface area contributed by atoms with Crippen LogP contribution in [-0.2, 0) is 0 Å². The van der Waals surface area contributed by atoms with E-state index in [2.05, 4.69) is 23.8 Å². The molecule has 0 atom stereocenters. The number of fused-ring (bicyclic) bond motifs is 1. The van der Waals surface area contributed by atoms with Crippen LogP contribution in [0.2, 0.25) is 0 Å². The van der Waals surface area contributed by atoms with Gasteiger partial charge in [-0.3, -0.25) is 4.79 Å². The van der Waals surface area contributed by atoms with Gasteiger partial charge in [0.2, 0.25) is 0 Å². The van der Waals surface area contributed by atoms with E-state index in [0.29, 0.717) is 5.56 Å². The number of H-pyrrole nitrogens is 1. The molecule has 90 valence electrons. The maximum absolute atomic E-state index is 10.7. The van der Waals surface area contributed by atoms with Gasteiger partial charge in [-0.2, -0.15) is 0 Å². The number of nitrogens with one attached hydrogen (secondary N) is 1. The molecule has 3 rings (SSSR count). The molecule has 0 aliphatic carbocycles. The molecule has 1 N–H and O–H groups in total. The molecular weight excluding hydrogens is 226 g/mol. The van der Waals surface area contributed by atoms with Crippen molar-refractivity contribution in [2.45, 2.75) is 13.8 Å². The van der Waals surface area contributed by atoms with Gasteiger partial charge in [0.1, 0.15) is 17.6 Å². The lowest BCUT2D eigenvalue weighted by molar-refractivity contribution is 0.112. The second-order valence-electron chi connectivity index (χ2n) is 4.44. The van der Waals surface area contributed by atoms with Gasteiger partial charge >= 0.3 is 0 Å². The summed E-state index contributed by atoms with van der Waals surface area (Å²) >= 11 is 0. The molecule has 3 heterocycles. The molecule has 0 bridgehead atoms. The lowest BCUT2D eigenvalue weighted by atomic mass is 10.1. The number of rotatable bonds is 2. The predicted molar refractivity (Wildman–Crippen MR) is 69.8 cm³/mol. The van der Waals surface area contributed by atoms with Crippen LogP contribution in [0.15, 0.2) is 30.7 Å². The number of aryl methyl sites for hydroxylation is 1. The van der Waals surface area contributed by atoms with Gasteiger partial charge in [-0.05, 0) is 37.1 Å². The Morgan fingerprint density at radius 1 is 1.39 bits per heavy atom. The van der Waals surface area contributed by atoms with Crippen molar-refractivity contribution in [2.24, 2.45) is 0 Å². The highest BCUT2D eigenvalue weighted by Crippen LogP contribution is 2.23. The van der Waals surface area contributed by atoms with Gasteiger partial charge in [-0.25, -0.2) is 4.98 Å². The van der Waals surface area contributed by atoms with Crippen LogP contribution >= 0.6 is 0 Å². The fraction of sp³-hybridized carbons (Fsp3) is 0.143. The average molecular weight is 239 g/mol. The molecule has 0 aliphatic rings. The Labute approximate surface area is 104 Å². The molecule has 0 aliphatic heterocycles. The first-order valence-corrected chi connectivity index (χ1v) is 5.78. The summed E-state index contributed by atoms with van der Waals surface area (Å²) in [5, 5.41) is 0. The highest BCUT2D eigenvalue weighted by molar-refractivity contribution is 5.77. The summed E-state index contributed by atoms with van der Waals surface area (Å²) in [6.45, 7) is 4.14. The minimum atomic E-state index is 0.638. The quantitative estimate of drug-likeness (QED) is 0.699. The minimum absolute atomic E-state index is 0.638. The van der Waals surface area contributed by atoms with Crippen molar-refractivity contribution in [2.75, 3.05) is 0 Å². The Morgan fingerprint density at radius 2 is 2.22 bits per heavy atom. The van der Waals surface area contributed by atoms with Crippen LogP contribution in [0, 0.1) is 13.8 Å². The highest BCUT2D eigenvalue weighted by Gasteiger charge is 2.10. The van der Waals surface area contributed by atoms with Gasteiger partial charge in [0.05, 0.1) is 5.69 Å². The molecule has 0 radical (unpaired) electrons. The summed E-state index contributed by atoms with van der Waals surface area (Å²) in [6, 6.07) is 3.56. The topological polar surface area (TPSA) is 50.2 Å². The third kappa shape index (κ3) is 1.54. The number of aromatic amines is 1. The molecule has 0 unspecified atom stereocenters. The van der Waals surface area contributed by atoms with Crippen molar-refractivity contribution < 1.29 is 4.79 Å². The minimum Gasteiger partial charge on any atom is -0.359 e. The monoisotopic (exact) mass is 239 g/mol. The normalized spacial score (nSPS) is 11.0. The third-order valence-corrected chi connectivity index (χ3v) is 3.28. The van der Waals surface area contributed by atoms with E-state index in [4.69, 9.17) is 0 Å². The largest absolute Gasteiger partial charge is 0.359 e. The molecule has 0 amide bonds. The summed E-state index contributed by atoms with van der Waals surface area (Å²) in [6.07, 6.45) is 6.62. The maximum atomic E-state index is 10.7. The van der Waals surface area contributed by atoms with Crippen molar-refractivity contribution in [3.05, 3.63) is 47.4 Å². The van der Waals surface area contributed by atoms with Crippen LogP contribution in [0.4, 0.5) is 0 Å². The lowest BCUT2D eigenvalue weighted by Gasteiger charge is -1.94. The molecule has 4 nitrogen and oxygen atoms in total. The molecule has 0 aromatic carbocycles. The summed E-state index contributed by atoms with van der Waals surface area (Å²) in [5.41, 5.74) is 5.76. The highest BCUT2D eigenvalue weighted by atomic mass is 16.1. The Balaban J connectivity index is 2.19. The smallest absolute Gasteiger partial charge is 0.150 e. The SMILES string of the molecule is Cc1c[nH]c(-c2cn3ccc(C=O)cc3n2)c1C. The van der Waals surface area contributed by atoms with Crippen molar-refractivity contribution >= 4 is 11.9 Å². The molecule has 0 spiro atoms. The van der Waals surface area contributed by atoms with Gasteiger partial charge in [0.15, 0.2) is 0 Å². The van der Waals surface area contributed by atoms with Crippen LogP contribution in [-0.4, -0.2) is 20.7 Å². The van der Waals surface area contributed by atoms with Crippen LogP contribution in [0.5, 0.6) is 0 Å². The summed E-state index contributed by atoms with van der Waals surface area (Å²) in [5.74, 6) is 0. The molecule has 4 heteroatoms. The van der Waals surface area contributed by atoms with Crippen molar-refractivity contribution in [3.8, 4) is 11.4 Å². The summed E-state index contributed by atoms with van der Waals surface area (Å²) in [7, 11) is 0. The zero-order valence-electron chi connectivity index (χ0n) is 10.3. The molecule has 0 fully saturated rings. The number of hydrogen-bond donors (Lipinski definition) is 1. The molecule has 0 saturated heterocycles. The first kappa shape index (κ1) is 10.8. The van der Waals surface area contributed by atoms with E-state index in [1.165, 1.54) is 11.1 Å². The number of aldehydes is 1. The van der Waals surface area contributed by atoms with E-state index in [0.717, 1.165) is 23.3 Å². The van der Waals surface area contributed by atoms with Crippen LogP contribution in [0.25, 0.3) is 17.0 Å². The zero-order chi connectivity index (χ0) is 12.7. The van der Waals surface area contributed by atoms with Gasteiger partial charge in [0, 0.05) is 24.2 Å². The number of carbonyl (C=O) groups excluding carboxylic acids is 1. The van der Waals surface area contributed by atoms with E-state index in [-0.39, 0.29) is 0 Å². The fourth-order valence-corrected chi connectivity index (χ4v) is 2.05. The first-order valence-electron chi connectivity index (χ1n) is 5.78. The average Bonchev–Trinajstić information content (AvgIpc) is 2.93. The van der Waals surface area contributed by atoms with E-state index < -0.39 is 0 Å². The number of pyridine rings is 1. The summed E-state index contributed by atoms with van der Waals surface area (Å²) in [4.78, 5) is 18.5. The summed E-state index contributed by atoms with van der Waals surface area (Å²) < 4.78 is 1.91. The number of aromatic nitrogens is 3. The van der Waals surface area contributed by atoms with E-state index in [9.17, 15) is 4.79 Å². The van der Waals surface area contributed by atoms with Gasteiger partial charge in [0.25, 0.3) is 0 Å². The third-order valence-electron chi connectivity index (χ3n) is 3.28. The number of hydrogen-bond acceptors (Lipinski definition) is 2. The molecule has 18 heavy (non-hydrogen) atoms. The van der Waals surface area contributed by atoms with Crippen LogP contribution in [0.1, 0.15) is 21.5 Å². The first-order chi connectivity index (χ1) is 8.69. The maximum Gasteiger partial charge on any atom is 0.150 e. The molecule has 0 saturated carbocycles. The standard InChI is InChI=1S/C14H13N3O/c1-9-6-15-14(10(9)2)12-7-17-4-3-11(8-18)5-13(17)16-12/h3-8,15H,1-2H3. The van der Waals surface area contributed by atoms with Crippen LogP contribution in [0.3, 0.4) is 0 Å². The van der Waals surface area contributed by atoms with E-state index in [1.54, 1.807) is 12.1 Å². The molecular formula is C14H13N3O. The van der Waals surface area contributed by atoms with Crippen LogP contribution < -0.4 is 0 Å². The Kier molecular flexibility index (Phi) is 2.30. The van der Waals surface area contributed by atoms with E-state index >= 15 is 0 Å². The van der Waals surface area contributed by atoms with Crippen molar-refractivity contribution in [1.82, 2.24) is 14.4 Å². The number of imidazole rings is 1. The Morgan fingerprint density at radius 3 is 2.89 bits per heavy atom. The van der Waals surface area contributed by atoms with E-state index in [1.807, 2.05) is 23.0 Å². The molecule has 3 aromatic heterocycles. The Hall–Kier alpha value is -2.36. The predicted octanol–water partition coefficient (Wildman–Crippen LogP) is 2.76.